The molecule has 2 heterocycles. The van der Waals surface area contributed by atoms with E-state index in [4.69, 9.17) is 24.6 Å². The Morgan fingerprint density at radius 1 is 1.26 bits per heavy atom. The van der Waals surface area contributed by atoms with Crippen molar-refractivity contribution in [3.63, 3.8) is 0 Å². The van der Waals surface area contributed by atoms with Gasteiger partial charge in [-0.2, -0.15) is 18.4 Å². The summed E-state index contributed by atoms with van der Waals surface area (Å²) in [5.41, 5.74) is -0.330. The van der Waals surface area contributed by atoms with E-state index in [-0.39, 0.29) is 35.7 Å². The standard InChI is InChI=1S/C19H25FN4O4.C2HF3O2/c1-19(2,3)28-18(26)24-7-4-14(5-8-24)23-17(25)15-10-16(27-9-6-20)13(11-21)12-22-15;3-2(4,5)1(6)7/h10,12,14H,4-9H2,1-3H3,(H,23,25);(H,6,7). The number of nitrogens with zero attached hydrogens (tertiary/aromatic N) is 3. The molecule has 0 bridgehead atoms. The third kappa shape index (κ3) is 10.4. The average Bonchev–Trinajstić information content (AvgIpc) is 2.76. The summed E-state index contributed by atoms with van der Waals surface area (Å²) in [6, 6.07) is 3.11. The Balaban J connectivity index is 0.000000762. The number of halogens is 4. The van der Waals surface area contributed by atoms with Gasteiger partial charge in [0.25, 0.3) is 5.91 Å². The molecular formula is C21H26F4N4O6. The number of ether oxygens (including phenoxy) is 2. The zero-order valence-corrected chi connectivity index (χ0v) is 19.3. The van der Waals surface area contributed by atoms with Gasteiger partial charge in [-0.25, -0.2) is 19.0 Å². The zero-order valence-electron chi connectivity index (χ0n) is 19.3. The first-order chi connectivity index (χ1) is 16.2. The number of alkyl halides is 4. The highest BCUT2D eigenvalue weighted by Gasteiger charge is 2.38. The van der Waals surface area contributed by atoms with Crippen molar-refractivity contribution in [3.8, 4) is 11.8 Å². The Morgan fingerprint density at radius 3 is 2.29 bits per heavy atom. The predicted molar refractivity (Wildman–Crippen MR) is 112 cm³/mol. The Hall–Kier alpha value is -3.63. The lowest BCUT2D eigenvalue weighted by Crippen LogP contribution is -2.47. The van der Waals surface area contributed by atoms with E-state index >= 15 is 0 Å². The van der Waals surface area contributed by atoms with Gasteiger partial charge < -0.3 is 24.8 Å². The van der Waals surface area contributed by atoms with Gasteiger partial charge >= 0.3 is 18.2 Å². The molecule has 2 amide bonds. The van der Waals surface area contributed by atoms with Crippen molar-refractivity contribution < 1.29 is 46.5 Å². The molecule has 1 aromatic rings. The lowest BCUT2D eigenvalue weighted by molar-refractivity contribution is -0.192. The summed E-state index contributed by atoms with van der Waals surface area (Å²) < 4.78 is 54.6. The first kappa shape index (κ1) is 29.4. The van der Waals surface area contributed by atoms with E-state index in [2.05, 4.69) is 10.3 Å². The molecule has 35 heavy (non-hydrogen) atoms. The maximum absolute atomic E-state index is 12.5. The quantitative estimate of drug-likeness (QED) is 0.581. The van der Waals surface area contributed by atoms with Gasteiger partial charge in [0, 0.05) is 31.4 Å². The lowest BCUT2D eigenvalue weighted by atomic mass is 10.1. The number of carboxylic acid groups (broad SMARTS) is 1. The number of aromatic nitrogens is 1. The normalized spacial score (nSPS) is 14.2. The number of aliphatic carboxylic acids is 1. The smallest absolute Gasteiger partial charge is 0.489 e. The first-order valence-corrected chi connectivity index (χ1v) is 10.4. The number of carbonyl (C=O) groups excluding carboxylic acids is 2. The van der Waals surface area contributed by atoms with Gasteiger partial charge in [-0.1, -0.05) is 0 Å². The van der Waals surface area contributed by atoms with Gasteiger partial charge in [0.2, 0.25) is 0 Å². The van der Waals surface area contributed by atoms with Crippen LogP contribution in [0.3, 0.4) is 0 Å². The zero-order chi connectivity index (χ0) is 26.8. The van der Waals surface area contributed by atoms with Gasteiger partial charge in [-0.3, -0.25) is 4.79 Å². The fourth-order valence-corrected chi connectivity index (χ4v) is 2.71. The number of rotatable bonds is 5. The maximum atomic E-state index is 12.5. The van der Waals surface area contributed by atoms with E-state index in [1.165, 1.54) is 12.3 Å². The molecular weight excluding hydrogens is 480 g/mol. The van der Waals surface area contributed by atoms with Crippen LogP contribution in [-0.2, 0) is 9.53 Å². The Bertz CT molecular complexity index is 935. The number of carbonyl (C=O) groups is 3. The molecule has 2 N–H and O–H groups in total. The third-order valence-corrected chi connectivity index (χ3v) is 4.28. The summed E-state index contributed by atoms with van der Waals surface area (Å²) in [6.07, 6.45) is -3.03. The van der Waals surface area contributed by atoms with E-state index in [1.807, 2.05) is 26.8 Å². The van der Waals surface area contributed by atoms with Gasteiger partial charge in [-0.15, -0.1) is 0 Å². The number of carboxylic acids is 1. The molecule has 0 saturated carbocycles. The van der Waals surface area contributed by atoms with Crippen LogP contribution in [0, 0.1) is 11.3 Å². The van der Waals surface area contributed by atoms with Crippen molar-refractivity contribution in [1.29, 1.82) is 5.26 Å². The highest BCUT2D eigenvalue weighted by atomic mass is 19.4. The molecule has 0 aliphatic carbocycles. The SMILES string of the molecule is CC(C)(C)OC(=O)N1CCC(NC(=O)c2cc(OCCF)c(C#N)cn2)CC1.O=C(O)C(F)(F)F. The number of pyridine rings is 1. The molecule has 1 aliphatic rings. The first-order valence-electron chi connectivity index (χ1n) is 10.4. The van der Waals surface area contributed by atoms with Gasteiger partial charge in [0.1, 0.15) is 42.0 Å². The molecule has 0 spiro atoms. The van der Waals surface area contributed by atoms with Crippen molar-refractivity contribution in [2.45, 2.75) is 51.4 Å². The number of amides is 2. The second kappa shape index (κ2) is 12.7. The van der Waals surface area contributed by atoms with Crippen molar-refractivity contribution in [3.05, 3.63) is 23.5 Å². The van der Waals surface area contributed by atoms with Crippen LogP contribution in [0.4, 0.5) is 22.4 Å². The number of nitrogens with one attached hydrogen (secondary N) is 1. The van der Waals surface area contributed by atoms with E-state index in [0.29, 0.717) is 25.9 Å². The number of hydrogen-bond donors (Lipinski definition) is 2. The number of piperidine rings is 1. The minimum absolute atomic E-state index is 0.0856. The molecule has 1 aliphatic heterocycles. The van der Waals surface area contributed by atoms with E-state index in [9.17, 15) is 27.2 Å². The third-order valence-electron chi connectivity index (χ3n) is 4.28. The fourth-order valence-electron chi connectivity index (χ4n) is 2.71. The van der Waals surface area contributed by atoms with Crippen molar-refractivity contribution >= 4 is 18.0 Å². The van der Waals surface area contributed by atoms with Crippen LogP contribution in [0.2, 0.25) is 0 Å². The number of hydrogen-bond acceptors (Lipinski definition) is 7. The topological polar surface area (TPSA) is 142 Å². The molecule has 1 saturated heterocycles. The van der Waals surface area contributed by atoms with Crippen LogP contribution < -0.4 is 10.1 Å². The fraction of sp³-hybridized carbons (Fsp3) is 0.571. The number of nitriles is 1. The highest BCUT2D eigenvalue weighted by Crippen LogP contribution is 2.19. The van der Waals surface area contributed by atoms with Crippen LogP contribution in [0.5, 0.6) is 5.75 Å². The molecule has 10 nitrogen and oxygen atoms in total. The molecule has 1 fully saturated rings. The summed E-state index contributed by atoms with van der Waals surface area (Å²) in [5, 5.41) is 19.0. The van der Waals surface area contributed by atoms with Gasteiger partial charge in [-0.05, 0) is 33.6 Å². The molecule has 0 unspecified atom stereocenters. The van der Waals surface area contributed by atoms with Gasteiger partial charge in [0.05, 0.1) is 0 Å². The maximum Gasteiger partial charge on any atom is 0.490 e. The van der Waals surface area contributed by atoms with E-state index in [0.717, 1.165) is 0 Å². The van der Waals surface area contributed by atoms with E-state index < -0.39 is 30.3 Å². The molecule has 194 valence electrons. The second-order valence-corrected chi connectivity index (χ2v) is 8.23. The minimum atomic E-state index is -5.08. The van der Waals surface area contributed by atoms with Crippen molar-refractivity contribution in [2.24, 2.45) is 0 Å². The van der Waals surface area contributed by atoms with Crippen LogP contribution in [0.15, 0.2) is 12.3 Å². The van der Waals surface area contributed by atoms with Crippen molar-refractivity contribution in [1.82, 2.24) is 15.2 Å². The average molecular weight is 506 g/mol. The van der Waals surface area contributed by atoms with Crippen molar-refractivity contribution in [2.75, 3.05) is 26.4 Å². The Labute approximate surface area is 198 Å². The van der Waals surface area contributed by atoms with Crippen LogP contribution in [-0.4, -0.2) is 77.2 Å². The molecule has 1 aromatic heterocycles. The number of likely N-dealkylation sites (tertiary alicyclic amines) is 1. The largest absolute Gasteiger partial charge is 0.490 e. The van der Waals surface area contributed by atoms with Crippen LogP contribution in [0.1, 0.15) is 49.7 Å². The summed E-state index contributed by atoms with van der Waals surface area (Å²) in [4.78, 5) is 39.0. The Morgan fingerprint density at radius 2 is 1.83 bits per heavy atom. The highest BCUT2D eigenvalue weighted by molar-refractivity contribution is 5.93. The molecule has 0 radical (unpaired) electrons. The monoisotopic (exact) mass is 506 g/mol. The van der Waals surface area contributed by atoms with Crippen LogP contribution in [0.25, 0.3) is 0 Å². The molecule has 2 rings (SSSR count). The molecule has 0 aromatic carbocycles. The summed E-state index contributed by atoms with van der Waals surface area (Å²) in [7, 11) is 0. The predicted octanol–water partition coefficient (Wildman–Crippen LogP) is 3.06. The molecule has 14 heteroatoms. The summed E-state index contributed by atoms with van der Waals surface area (Å²) in [5.74, 6) is -3.04. The van der Waals surface area contributed by atoms with Crippen LogP contribution >= 0.6 is 0 Å². The van der Waals surface area contributed by atoms with E-state index in [1.54, 1.807) is 4.90 Å². The summed E-state index contributed by atoms with van der Waals surface area (Å²) in [6.45, 7) is 5.49. The second-order valence-electron chi connectivity index (χ2n) is 8.23. The molecule has 0 atom stereocenters. The minimum Gasteiger partial charge on any atom is -0.489 e. The lowest BCUT2D eigenvalue weighted by Gasteiger charge is -2.33. The Kier molecular flexibility index (Phi) is 10.7. The van der Waals surface area contributed by atoms with Gasteiger partial charge in [0.15, 0.2) is 0 Å². The summed E-state index contributed by atoms with van der Waals surface area (Å²) >= 11 is 0.